The highest BCUT2D eigenvalue weighted by Crippen LogP contribution is 2.31. The molecule has 0 N–H and O–H groups in total. The molecule has 4 heteroatoms. The second-order valence-electron chi connectivity index (χ2n) is 2.86. The lowest BCUT2D eigenvalue weighted by Gasteiger charge is -2.26. The molecule has 0 aliphatic carbocycles. The van der Waals surface area contributed by atoms with Gasteiger partial charge < -0.3 is 4.74 Å². The van der Waals surface area contributed by atoms with Crippen LogP contribution in [-0.4, -0.2) is 28.8 Å². The second kappa shape index (κ2) is 4.21. The number of halogens is 1. The molecule has 1 atom stereocenters. The summed E-state index contributed by atoms with van der Waals surface area (Å²) in [4.78, 5) is 15.7. The molecule has 1 heterocycles. The van der Waals surface area contributed by atoms with Gasteiger partial charge in [-0.1, -0.05) is 22.6 Å². The van der Waals surface area contributed by atoms with E-state index in [4.69, 9.17) is 4.74 Å². The summed E-state index contributed by atoms with van der Waals surface area (Å²) in [5, 5.41) is 0. The van der Waals surface area contributed by atoms with Crippen molar-refractivity contribution in [1.29, 1.82) is 0 Å². The van der Waals surface area contributed by atoms with Gasteiger partial charge in [0.15, 0.2) is 3.42 Å². The van der Waals surface area contributed by atoms with Crippen LogP contribution in [0.5, 0.6) is 0 Å². The average molecular weight is 293 g/mol. The first-order chi connectivity index (χ1) is 6.11. The van der Waals surface area contributed by atoms with Gasteiger partial charge >= 0.3 is 5.97 Å². The molecule has 13 heavy (non-hydrogen) atoms. The number of dihydropyridines is 1. The van der Waals surface area contributed by atoms with E-state index < -0.39 is 3.42 Å². The lowest BCUT2D eigenvalue weighted by Crippen LogP contribution is -2.39. The molecule has 0 radical (unpaired) electrons. The van der Waals surface area contributed by atoms with Crippen molar-refractivity contribution in [2.24, 2.45) is 4.99 Å². The predicted octanol–water partition coefficient (Wildman–Crippen LogP) is 1.75. The molecule has 1 aliphatic heterocycles. The summed E-state index contributed by atoms with van der Waals surface area (Å²) in [7, 11) is 0. The summed E-state index contributed by atoms with van der Waals surface area (Å²) in [6.07, 6.45) is 3.58. The number of carbonyl (C=O) groups is 1. The van der Waals surface area contributed by atoms with Gasteiger partial charge in [0.2, 0.25) is 0 Å². The number of allylic oxidation sites excluding steroid dienone is 1. The molecule has 3 nitrogen and oxygen atoms in total. The zero-order valence-electron chi connectivity index (χ0n) is 7.71. The van der Waals surface area contributed by atoms with Gasteiger partial charge in [-0.15, -0.1) is 0 Å². The van der Waals surface area contributed by atoms with Gasteiger partial charge in [0.25, 0.3) is 0 Å². The van der Waals surface area contributed by atoms with E-state index in [0.29, 0.717) is 13.2 Å². The highest BCUT2D eigenvalue weighted by Gasteiger charge is 2.39. The summed E-state index contributed by atoms with van der Waals surface area (Å²) in [5.74, 6) is -0.193. The summed E-state index contributed by atoms with van der Waals surface area (Å²) >= 11 is 2.11. The van der Waals surface area contributed by atoms with Gasteiger partial charge in [-0.25, -0.2) is 0 Å². The third-order valence-corrected chi connectivity index (χ3v) is 3.60. The number of ether oxygens (including phenoxy) is 1. The van der Waals surface area contributed by atoms with Crippen LogP contribution < -0.4 is 0 Å². The van der Waals surface area contributed by atoms with Gasteiger partial charge in [0, 0.05) is 6.21 Å². The Labute approximate surface area is 91.4 Å². The van der Waals surface area contributed by atoms with Crippen LogP contribution in [0.4, 0.5) is 0 Å². The number of esters is 1. The molecule has 0 bridgehead atoms. The van der Waals surface area contributed by atoms with E-state index in [-0.39, 0.29) is 5.97 Å². The maximum Gasteiger partial charge on any atom is 0.328 e. The van der Waals surface area contributed by atoms with Crippen LogP contribution in [0.25, 0.3) is 0 Å². The van der Waals surface area contributed by atoms with E-state index in [0.717, 1.165) is 5.57 Å². The van der Waals surface area contributed by atoms with E-state index >= 15 is 0 Å². The third-order valence-electron chi connectivity index (χ3n) is 1.96. The van der Waals surface area contributed by atoms with E-state index in [1.54, 1.807) is 6.21 Å². The molecule has 0 saturated carbocycles. The Bertz CT molecular complexity index is 273. The number of carbonyl (C=O) groups excluding carboxylic acids is 1. The van der Waals surface area contributed by atoms with Crippen molar-refractivity contribution in [3.8, 4) is 0 Å². The van der Waals surface area contributed by atoms with Crippen molar-refractivity contribution in [2.75, 3.05) is 13.2 Å². The summed E-state index contributed by atoms with van der Waals surface area (Å²) in [6, 6.07) is 0. The van der Waals surface area contributed by atoms with E-state index in [9.17, 15) is 4.79 Å². The first-order valence-corrected chi connectivity index (χ1v) is 5.22. The molecule has 0 fully saturated rings. The van der Waals surface area contributed by atoms with Crippen molar-refractivity contribution in [1.82, 2.24) is 0 Å². The van der Waals surface area contributed by atoms with Crippen molar-refractivity contribution in [2.45, 2.75) is 17.3 Å². The molecule has 72 valence electrons. The van der Waals surface area contributed by atoms with E-state index in [1.165, 1.54) is 0 Å². The maximum absolute atomic E-state index is 11.6. The lowest BCUT2D eigenvalue weighted by molar-refractivity contribution is -0.144. The van der Waals surface area contributed by atoms with E-state index in [2.05, 4.69) is 27.6 Å². The highest BCUT2D eigenvalue weighted by molar-refractivity contribution is 14.1. The first-order valence-electron chi connectivity index (χ1n) is 4.14. The van der Waals surface area contributed by atoms with Crippen molar-refractivity contribution in [3.63, 3.8) is 0 Å². The Morgan fingerprint density at radius 3 is 3.08 bits per heavy atom. The SMILES string of the molecule is CCOC(=O)C1(I)CN=CC=C1C. The molecule has 0 saturated heterocycles. The minimum Gasteiger partial charge on any atom is -0.465 e. The highest BCUT2D eigenvalue weighted by atomic mass is 127. The van der Waals surface area contributed by atoms with Gasteiger partial charge in [-0.3, -0.25) is 9.79 Å². The van der Waals surface area contributed by atoms with Crippen LogP contribution in [0.3, 0.4) is 0 Å². The molecule has 0 aromatic carbocycles. The van der Waals surface area contributed by atoms with Crippen LogP contribution in [0, 0.1) is 0 Å². The van der Waals surface area contributed by atoms with Gasteiger partial charge in [-0.2, -0.15) is 0 Å². The largest absolute Gasteiger partial charge is 0.465 e. The van der Waals surface area contributed by atoms with Gasteiger partial charge in [0.1, 0.15) is 0 Å². The minimum absolute atomic E-state index is 0.193. The standard InChI is InChI=1S/C9H12INO2/c1-3-13-8(12)9(10)6-11-5-4-7(9)2/h4-5H,3,6H2,1-2H3. The normalized spacial score (nSPS) is 26.8. The monoisotopic (exact) mass is 293 g/mol. The fraction of sp³-hybridized carbons (Fsp3) is 0.556. The molecular formula is C9H12INO2. The summed E-state index contributed by atoms with van der Waals surface area (Å²) < 4.78 is 4.41. The van der Waals surface area contributed by atoms with Gasteiger partial charge in [-0.05, 0) is 25.5 Å². The molecule has 1 unspecified atom stereocenters. The molecule has 0 amide bonds. The Kier molecular flexibility index (Phi) is 3.47. The molecule has 0 aromatic rings. The minimum atomic E-state index is -0.581. The Morgan fingerprint density at radius 1 is 1.85 bits per heavy atom. The molecule has 1 rings (SSSR count). The van der Waals surface area contributed by atoms with Crippen LogP contribution in [0.15, 0.2) is 16.6 Å². The summed E-state index contributed by atoms with van der Waals surface area (Å²) in [5.41, 5.74) is 1.00. The number of hydrogen-bond donors (Lipinski definition) is 0. The average Bonchev–Trinajstić information content (AvgIpc) is 2.11. The first kappa shape index (κ1) is 10.7. The summed E-state index contributed by atoms with van der Waals surface area (Å²) in [6.45, 7) is 4.63. The number of hydrogen-bond acceptors (Lipinski definition) is 3. The number of rotatable bonds is 2. The third kappa shape index (κ3) is 2.10. The van der Waals surface area contributed by atoms with Crippen LogP contribution in [0.1, 0.15) is 13.8 Å². The van der Waals surface area contributed by atoms with Crippen LogP contribution in [-0.2, 0) is 9.53 Å². The Hall–Kier alpha value is -0.390. The van der Waals surface area contributed by atoms with Gasteiger partial charge in [0.05, 0.1) is 13.2 Å². The Balaban J connectivity index is 2.82. The zero-order chi connectivity index (χ0) is 9.90. The van der Waals surface area contributed by atoms with Crippen LogP contribution in [0.2, 0.25) is 0 Å². The smallest absolute Gasteiger partial charge is 0.328 e. The fourth-order valence-electron chi connectivity index (χ4n) is 1.07. The van der Waals surface area contributed by atoms with Crippen LogP contribution >= 0.6 is 22.6 Å². The zero-order valence-corrected chi connectivity index (χ0v) is 9.87. The molecule has 0 aromatic heterocycles. The number of aliphatic imine (C=N–C) groups is 1. The van der Waals surface area contributed by atoms with Crippen molar-refractivity contribution in [3.05, 3.63) is 11.6 Å². The molecular weight excluding hydrogens is 281 g/mol. The topological polar surface area (TPSA) is 38.7 Å². The fourth-order valence-corrected chi connectivity index (χ4v) is 1.60. The Morgan fingerprint density at radius 2 is 2.54 bits per heavy atom. The maximum atomic E-state index is 11.6. The number of alkyl halides is 1. The van der Waals surface area contributed by atoms with Crippen molar-refractivity contribution >= 4 is 34.8 Å². The van der Waals surface area contributed by atoms with E-state index in [1.807, 2.05) is 19.9 Å². The molecule has 0 spiro atoms. The predicted molar refractivity (Wildman–Crippen MR) is 60.5 cm³/mol. The second-order valence-corrected chi connectivity index (χ2v) is 4.70. The quantitative estimate of drug-likeness (QED) is 0.442. The van der Waals surface area contributed by atoms with Crippen molar-refractivity contribution < 1.29 is 9.53 Å². The lowest BCUT2D eigenvalue weighted by atomic mass is 9.99. The molecule has 1 aliphatic rings. The number of nitrogens with zero attached hydrogens (tertiary/aromatic N) is 1.